The number of amides is 1. The van der Waals surface area contributed by atoms with Crippen LogP contribution in [0.15, 0.2) is 30.3 Å². The number of benzene rings is 1. The van der Waals surface area contributed by atoms with E-state index in [1.54, 1.807) is 19.2 Å². The standard InChI is InChI=1S/C18H20ClNO3S/c1-11-4-6-15(23-3)13(10-11)12(2)20-18(22)9-5-14(21)16-7-8-17(19)24-16/h4,6-8,10,12H,5,9H2,1-3H3,(H,20,22). The van der Waals surface area contributed by atoms with E-state index in [4.69, 9.17) is 16.3 Å². The average molecular weight is 366 g/mol. The van der Waals surface area contributed by atoms with Crippen molar-refractivity contribution < 1.29 is 14.3 Å². The van der Waals surface area contributed by atoms with E-state index in [1.165, 1.54) is 11.3 Å². The molecule has 1 heterocycles. The van der Waals surface area contributed by atoms with Crippen LogP contribution in [-0.4, -0.2) is 18.8 Å². The van der Waals surface area contributed by atoms with E-state index in [0.29, 0.717) is 9.21 Å². The highest BCUT2D eigenvalue weighted by Gasteiger charge is 2.16. The van der Waals surface area contributed by atoms with Crippen LogP contribution in [0.1, 0.15) is 46.6 Å². The molecule has 24 heavy (non-hydrogen) atoms. The van der Waals surface area contributed by atoms with E-state index in [2.05, 4.69) is 5.32 Å². The van der Waals surface area contributed by atoms with E-state index in [1.807, 2.05) is 32.0 Å². The molecule has 2 rings (SSSR count). The Balaban J connectivity index is 1.92. The molecule has 1 N–H and O–H groups in total. The van der Waals surface area contributed by atoms with Crippen molar-refractivity contribution in [2.24, 2.45) is 0 Å². The fourth-order valence-corrected chi connectivity index (χ4v) is 3.41. The number of carbonyl (C=O) groups excluding carboxylic acids is 2. The zero-order chi connectivity index (χ0) is 17.7. The van der Waals surface area contributed by atoms with Crippen LogP contribution in [0.2, 0.25) is 4.34 Å². The Morgan fingerprint density at radius 1 is 1.25 bits per heavy atom. The largest absolute Gasteiger partial charge is 0.496 e. The Morgan fingerprint density at radius 2 is 2.00 bits per heavy atom. The van der Waals surface area contributed by atoms with Gasteiger partial charge in [-0.1, -0.05) is 29.3 Å². The number of halogens is 1. The number of aryl methyl sites for hydroxylation is 1. The second kappa shape index (κ2) is 8.31. The van der Waals surface area contributed by atoms with Gasteiger partial charge in [-0.15, -0.1) is 11.3 Å². The van der Waals surface area contributed by atoms with Crippen molar-refractivity contribution in [2.45, 2.75) is 32.7 Å². The number of ketones is 1. The molecule has 4 nitrogen and oxygen atoms in total. The third-order valence-electron chi connectivity index (χ3n) is 3.66. The van der Waals surface area contributed by atoms with Gasteiger partial charge in [-0.2, -0.15) is 0 Å². The summed E-state index contributed by atoms with van der Waals surface area (Å²) in [4.78, 5) is 24.7. The maximum atomic E-state index is 12.1. The zero-order valence-electron chi connectivity index (χ0n) is 13.9. The van der Waals surface area contributed by atoms with E-state index < -0.39 is 0 Å². The Morgan fingerprint density at radius 3 is 2.62 bits per heavy atom. The minimum absolute atomic E-state index is 0.0668. The number of hydrogen-bond donors (Lipinski definition) is 1. The molecule has 0 aliphatic carbocycles. The molecule has 0 fully saturated rings. The number of thiophene rings is 1. The third-order valence-corrected chi connectivity index (χ3v) is 4.93. The molecule has 2 aromatic rings. The van der Waals surface area contributed by atoms with Gasteiger partial charge in [0.1, 0.15) is 5.75 Å². The first kappa shape index (κ1) is 18.5. The molecule has 0 radical (unpaired) electrons. The lowest BCUT2D eigenvalue weighted by molar-refractivity contribution is -0.121. The Kier molecular flexibility index (Phi) is 6.40. The molecule has 1 aromatic carbocycles. The quantitative estimate of drug-likeness (QED) is 0.732. The Bertz CT molecular complexity index is 742. The van der Waals surface area contributed by atoms with Crippen LogP contribution >= 0.6 is 22.9 Å². The van der Waals surface area contributed by atoms with E-state index in [-0.39, 0.29) is 30.6 Å². The summed E-state index contributed by atoms with van der Waals surface area (Å²) in [5, 5.41) is 2.92. The molecule has 1 aromatic heterocycles. The third kappa shape index (κ3) is 4.82. The SMILES string of the molecule is COc1ccc(C)cc1C(C)NC(=O)CCC(=O)c1ccc(Cl)s1. The molecule has 0 saturated carbocycles. The van der Waals surface area contributed by atoms with E-state index in [9.17, 15) is 9.59 Å². The number of ether oxygens (including phenoxy) is 1. The molecule has 0 aliphatic rings. The molecule has 0 saturated heterocycles. The predicted octanol–water partition coefficient (Wildman–Crippen LogP) is 4.56. The fourth-order valence-electron chi connectivity index (χ4n) is 2.40. The van der Waals surface area contributed by atoms with Crippen LogP contribution in [0.3, 0.4) is 0 Å². The van der Waals surface area contributed by atoms with Crippen molar-refractivity contribution in [1.82, 2.24) is 5.32 Å². The molecule has 0 bridgehead atoms. The predicted molar refractivity (Wildman–Crippen MR) is 97.2 cm³/mol. The van der Waals surface area contributed by atoms with Crippen molar-refractivity contribution in [3.63, 3.8) is 0 Å². The second-order valence-corrected chi connectivity index (χ2v) is 7.28. The van der Waals surface area contributed by atoms with Gasteiger partial charge in [-0.3, -0.25) is 9.59 Å². The van der Waals surface area contributed by atoms with E-state index in [0.717, 1.165) is 16.9 Å². The van der Waals surface area contributed by atoms with Crippen molar-refractivity contribution in [3.8, 4) is 5.75 Å². The lowest BCUT2D eigenvalue weighted by Gasteiger charge is -2.18. The minimum Gasteiger partial charge on any atom is -0.496 e. The van der Waals surface area contributed by atoms with Crippen LogP contribution in [0, 0.1) is 6.92 Å². The van der Waals surface area contributed by atoms with Crippen LogP contribution in [0.25, 0.3) is 0 Å². The van der Waals surface area contributed by atoms with Gasteiger partial charge in [0.05, 0.1) is 22.4 Å². The first-order valence-electron chi connectivity index (χ1n) is 7.63. The lowest BCUT2D eigenvalue weighted by atomic mass is 10.0. The summed E-state index contributed by atoms with van der Waals surface area (Å²) < 4.78 is 5.92. The maximum absolute atomic E-state index is 12.1. The fraction of sp³-hybridized carbons (Fsp3) is 0.333. The number of methoxy groups -OCH3 is 1. The van der Waals surface area contributed by atoms with Gasteiger partial charge in [0, 0.05) is 18.4 Å². The van der Waals surface area contributed by atoms with Crippen LogP contribution in [0.5, 0.6) is 5.75 Å². The van der Waals surface area contributed by atoms with Gasteiger partial charge >= 0.3 is 0 Å². The number of Topliss-reactive ketones (excluding diaryl/α,β-unsaturated/α-hetero) is 1. The normalized spacial score (nSPS) is 11.8. The van der Waals surface area contributed by atoms with Crippen LogP contribution in [0.4, 0.5) is 0 Å². The van der Waals surface area contributed by atoms with Gasteiger partial charge in [-0.25, -0.2) is 0 Å². The minimum atomic E-state index is -0.196. The number of hydrogen-bond acceptors (Lipinski definition) is 4. The Hall–Kier alpha value is -1.85. The number of rotatable bonds is 7. The average Bonchev–Trinajstić information content (AvgIpc) is 2.99. The Labute approximate surface area is 150 Å². The highest BCUT2D eigenvalue weighted by molar-refractivity contribution is 7.18. The van der Waals surface area contributed by atoms with Crippen LogP contribution in [-0.2, 0) is 4.79 Å². The monoisotopic (exact) mass is 365 g/mol. The van der Waals surface area contributed by atoms with Gasteiger partial charge < -0.3 is 10.1 Å². The zero-order valence-corrected chi connectivity index (χ0v) is 15.5. The van der Waals surface area contributed by atoms with Crippen molar-refractivity contribution in [2.75, 3.05) is 7.11 Å². The summed E-state index contributed by atoms with van der Waals surface area (Å²) in [7, 11) is 1.60. The number of carbonyl (C=O) groups is 2. The van der Waals surface area contributed by atoms with E-state index >= 15 is 0 Å². The molecule has 128 valence electrons. The molecule has 6 heteroatoms. The molecule has 0 aliphatic heterocycles. The van der Waals surface area contributed by atoms with Gasteiger partial charge in [0.15, 0.2) is 5.78 Å². The molecular formula is C18H20ClNO3S. The summed E-state index contributed by atoms with van der Waals surface area (Å²) >= 11 is 7.05. The topological polar surface area (TPSA) is 55.4 Å². The highest BCUT2D eigenvalue weighted by atomic mass is 35.5. The molecule has 1 atom stereocenters. The first-order valence-corrected chi connectivity index (χ1v) is 8.82. The maximum Gasteiger partial charge on any atom is 0.220 e. The highest BCUT2D eigenvalue weighted by Crippen LogP contribution is 2.26. The smallest absolute Gasteiger partial charge is 0.220 e. The molecule has 1 amide bonds. The summed E-state index contributed by atoms with van der Waals surface area (Å²) in [5.41, 5.74) is 2.01. The molecule has 0 spiro atoms. The summed E-state index contributed by atoms with van der Waals surface area (Å²) in [6.45, 7) is 3.89. The summed E-state index contributed by atoms with van der Waals surface area (Å²) in [6, 6.07) is 9.01. The van der Waals surface area contributed by atoms with Crippen molar-refractivity contribution in [1.29, 1.82) is 0 Å². The molecule has 1 unspecified atom stereocenters. The van der Waals surface area contributed by atoms with Gasteiger partial charge in [0.25, 0.3) is 0 Å². The summed E-state index contributed by atoms with van der Waals surface area (Å²) in [5.74, 6) is 0.502. The summed E-state index contributed by atoms with van der Waals surface area (Å²) in [6.07, 6.45) is 0.313. The van der Waals surface area contributed by atoms with Gasteiger partial charge in [0.2, 0.25) is 5.91 Å². The second-order valence-electron chi connectivity index (χ2n) is 5.56. The number of nitrogens with one attached hydrogen (secondary N) is 1. The van der Waals surface area contributed by atoms with Crippen LogP contribution < -0.4 is 10.1 Å². The first-order chi connectivity index (χ1) is 11.4. The van der Waals surface area contributed by atoms with Crippen molar-refractivity contribution >= 4 is 34.6 Å². The van der Waals surface area contributed by atoms with Gasteiger partial charge in [-0.05, 0) is 32.0 Å². The lowest BCUT2D eigenvalue weighted by Crippen LogP contribution is -2.27. The van der Waals surface area contributed by atoms with Crippen molar-refractivity contribution in [3.05, 3.63) is 50.7 Å². The molecular weight excluding hydrogens is 346 g/mol.